The Bertz CT molecular complexity index is 2210. The molecule has 1 aromatic heterocycles. The first-order valence-corrected chi connectivity index (χ1v) is 16.2. The van der Waals surface area contributed by atoms with Gasteiger partial charge in [-0.15, -0.1) is 0 Å². The number of non-ortho nitro benzene ring substituents is 1. The molecule has 1 atom stereocenters. The number of allylic oxidation sites excluding steroid dienone is 1. The summed E-state index contributed by atoms with van der Waals surface area (Å²) in [7, 11) is 0. The molecule has 6 rings (SSSR count). The van der Waals surface area contributed by atoms with E-state index in [1.54, 1.807) is 60.0 Å². The number of hydrogen-bond acceptors (Lipinski definition) is 8. The zero-order chi connectivity index (χ0) is 33.8. The molecule has 0 saturated heterocycles. The van der Waals surface area contributed by atoms with E-state index >= 15 is 0 Å². The van der Waals surface area contributed by atoms with Crippen LogP contribution in [0.15, 0.2) is 118 Å². The van der Waals surface area contributed by atoms with E-state index in [-0.39, 0.29) is 23.8 Å². The number of para-hydroxylation sites is 1. The number of aromatic nitrogens is 1. The van der Waals surface area contributed by atoms with Crippen molar-refractivity contribution >= 4 is 46.3 Å². The van der Waals surface area contributed by atoms with Crippen LogP contribution in [0.4, 0.5) is 11.4 Å². The van der Waals surface area contributed by atoms with Crippen molar-refractivity contribution in [2.24, 2.45) is 4.99 Å². The van der Waals surface area contributed by atoms with Gasteiger partial charge in [-0.3, -0.25) is 24.3 Å². The summed E-state index contributed by atoms with van der Waals surface area (Å²) >= 11 is 7.56. The first kappa shape index (κ1) is 32.4. The number of rotatable bonds is 10. The van der Waals surface area contributed by atoms with Crippen molar-refractivity contribution < 1.29 is 19.2 Å². The third kappa shape index (κ3) is 6.92. The molecule has 0 radical (unpaired) electrons. The van der Waals surface area contributed by atoms with Crippen molar-refractivity contribution in [1.82, 2.24) is 4.57 Å². The van der Waals surface area contributed by atoms with Gasteiger partial charge in [0, 0.05) is 28.4 Å². The number of hydrogen-bond donors (Lipinski definition) is 1. The fraction of sp³-hybridized carbons (Fsp3) is 0.139. The van der Waals surface area contributed by atoms with Crippen LogP contribution in [0.3, 0.4) is 0 Å². The predicted octanol–water partition coefficient (Wildman–Crippen LogP) is 6.41. The third-order valence-electron chi connectivity index (χ3n) is 7.60. The molecule has 10 nitrogen and oxygen atoms in total. The van der Waals surface area contributed by atoms with E-state index in [0.717, 1.165) is 5.56 Å². The monoisotopic (exact) mass is 680 g/mol. The molecule has 0 aliphatic carbocycles. The minimum atomic E-state index is -0.764. The Kier molecular flexibility index (Phi) is 9.51. The van der Waals surface area contributed by atoms with Crippen molar-refractivity contribution in [3.8, 4) is 11.5 Å². The minimum absolute atomic E-state index is 0.0132. The lowest BCUT2D eigenvalue weighted by atomic mass is 9.95. The average molecular weight is 681 g/mol. The second-order valence-electron chi connectivity index (χ2n) is 10.8. The number of carbonyl (C=O) groups excluding carboxylic acids is 1. The number of halogens is 1. The summed E-state index contributed by atoms with van der Waals surface area (Å²) < 4.78 is 13.6. The van der Waals surface area contributed by atoms with Gasteiger partial charge in [-0.1, -0.05) is 53.3 Å². The first-order chi connectivity index (χ1) is 23.2. The Morgan fingerprint density at radius 1 is 1.04 bits per heavy atom. The highest BCUT2D eigenvalue weighted by Crippen LogP contribution is 2.32. The summed E-state index contributed by atoms with van der Waals surface area (Å²) in [6.45, 7) is 4.30. The molecule has 0 fully saturated rings. The van der Waals surface area contributed by atoms with Crippen LogP contribution in [-0.4, -0.2) is 22.0 Å². The van der Waals surface area contributed by atoms with Gasteiger partial charge in [-0.05, 0) is 85.6 Å². The molecule has 48 heavy (non-hydrogen) atoms. The lowest BCUT2D eigenvalue weighted by molar-refractivity contribution is -0.384. The highest BCUT2D eigenvalue weighted by atomic mass is 35.5. The molecule has 0 bridgehead atoms. The average Bonchev–Trinajstić information content (AvgIpc) is 3.38. The van der Waals surface area contributed by atoms with Crippen molar-refractivity contribution in [1.29, 1.82) is 0 Å². The molecule has 4 aromatic carbocycles. The molecule has 0 saturated carbocycles. The fourth-order valence-corrected chi connectivity index (χ4v) is 6.56. The van der Waals surface area contributed by atoms with E-state index in [2.05, 4.69) is 5.32 Å². The van der Waals surface area contributed by atoms with Crippen LogP contribution in [0.1, 0.15) is 36.6 Å². The number of benzene rings is 4. The van der Waals surface area contributed by atoms with Crippen LogP contribution in [-0.2, 0) is 11.4 Å². The maximum absolute atomic E-state index is 14.2. The van der Waals surface area contributed by atoms with Gasteiger partial charge in [0.05, 0.1) is 33.4 Å². The Morgan fingerprint density at radius 3 is 2.46 bits per heavy atom. The van der Waals surface area contributed by atoms with Gasteiger partial charge in [0.1, 0.15) is 18.1 Å². The van der Waals surface area contributed by atoms with Crippen LogP contribution in [0.5, 0.6) is 11.5 Å². The van der Waals surface area contributed by atoms with E-state index in [9.17, 15) is 19.7 Å². The van der Waals surface area contributed by atoms with Gasteiger partial charge in [0.2, 0.25) is 0 Å². The third-order valence-corrected chi connectivity index (χ3v) is 8.82. The zero-order valence-electron chi connectivity index (χ0n) is 25.9. The number of amides is 1. The van der Waals surface area contributed by atoms with Crippen molar-refractivity contribution in [3.63, 3.8) is 0 Å². The number of carbonyl (C=O) groups is 1. The van der Waals surface area contributed by atoms with E-state index in [4.69, 9.17) is 26.1 Å². The fourth-order valence-electron chi connectivity index (χ4n) is 5.34. The summed E-state index contributed by atoms with van der Waals surface area (Å²) in [5, 5.41) is 14.4. The number of thiazole rings is 1. The van der Waals surface area contributed by atoms with Crippen molar-refractivity contribution in [3.05, 3.63) is 160 Å². The molecule has 5 aromatic rings. The van der Waals surface area contributed by atoms with Gasteiger partial charge in [-0.2, -0.15) is 0 Å². The molecule has 1 amide bonds. The second kappa shape index (κ2) is 14.1. The molecule has 12 heteroatoms. The van der Waals surface area contributed by atoms with Gasteiger partial charge in [-0.25, -0.2) is 4.99 Å². The van der Waals surface area contributed by atoms with Crippen LogP contribution in [0.25, 0.3) is 6.08 Å². The van der Waals surface area contributed by atoms with E-state index in [1.165, 1.54) is 23.5 Å². The summed E-state index contributed by atoms with van der Waals surface area (Å²) in [5.74, 6) is 0.769. The Hall–Kier alpha value is -5.52. The van der Waals surface area contributed by atoms with E-state index in [0.29, 0.717) is 60.5 Å². The Morgan fingerprint density at radius 2 is 1.77 bits per heavy atom. The van der Waals surface area contributed by atoms with E-state index in [1.807, 2.05) is 49.4 Å². The molecule has 1 N–H and O–H groups in total. The lowest BCUT2D eigenvalue weighted by Crippen LogP contribution is -2.40. The summed E-state index contributed by atoms with van der Waals surface area (Å²) in [5.41, 5.74) is 3.11. The number of nitrogens with zero attached hydrogens (tertiary/aromatic N) is 3. The standard InChI is InChI=1S/C36H29ClN4O6S/c1-3-46-29-16-11-24(12-17-29)33-32(34(42)39-27-7-5-4-6-8-27)22(2)38-36-40(33)35(43)31(48-36)20-25-19-26(37)13-18-30(25)47-21-23-9-14-28(15-10-23)41(44)45/h4-20,33H,3,21H2,1-2H3,(H,39,42)/b31-20-/t33-/m1/s1. The maximum Gasteiger partial charge on any atom is 0.271 e. The number of nitro benzene ring substituents is 1. The quantitative estimate of drug-likeness (QED) is 0.134. The van der Waals surface area contributed by atoms with Crippen LogP contribution < -0.4 is 29.7 Å². The van der Waals surface area contributed by atoms with Gasteiger partial charge in [0.15, 0.2) is 4.80 Å². The molecular formula is C36H29ClN4O6S. The normalized spacial score (nSPS) is 14.2. The predicted molar refractivity (Wildman–Crippen MR) is 185 cm³/mol. The first-order valence-electron chi connectivity index (χ1n) is 15.0. The minimum Gasteiger partial charge on any atom is -0.494 e. The van der Waals surface area contributed by atoms with Crippen LogP contribution >= 0.6 is 22.9 Å². The summed E-state index contributed by atoms with van der Waals surface area (Å²) in [6, 6.07) is 26.8. The number of anilines is 1. The highest BCUT2D eigenvalue weighted by molar-refractivity contribution is 7.07. The number of nitro groups is 1. The molecular weight excluding hydrogens is 652 g/mol. The number of nitrogens with one attached hydrogen (secondary N) is 1. The number of ether oxygens (including phenoxy) is 2. The van der Waals surface area contributed by atoms with Gasteiger partial charge < -0.3 is 14.8 Å². The van der Waals surface area contributed by atoms with Gasteiger partial charge >= 0.3 is 0 Å². The Balaban J connectivity index is 1.41. The number of fused-ring (bicyclic) bond motifs is 1. The highest BCUT2D eigenvalue weighted by Gasteiger charge is 2.32. The van der Waals surface area contributed by atoms with Crippen molar-refractivity contribution in [2.75, 3.05) is 11.9 Å². The van der Waals surface area contributed by atoms with Crippen LogP contribution in [0.2, 0.25) is 5.02 Å². The second-order valence-corrected chi connectivity index (χ2v) is 12.2. The van der Waals surface area contributed by atoms with Gasteiger partial charge in [0.25, 0.3) is 17.2 Å². The largest absolute Gasteiger partial charge is 0.494 e. The topological polar surface area (TPSA) is 125 Å². The summed E-state index contributed by atoms with van der Waals surface area (Å²) in [6.07, 6.45) is 1.69. The smallest absolute Gasteiger partial charge is 0.271 e. The molecule has 0 spiro atoms. The van der Waals surface area contributed by atoms with E-state index < -0.39 is 11.0 Å². The zero-order valence-corrected chi connectivity index (χ0v) is 27.5. The molecule has 2 heterocycles. The SMILES string of the molecule is CCOc1ccc([C@@H]2C(C(=O)Nc3ccccc3)=C(C)N=c3s/c(=C\c4cc(Cl)ccc4OCc4ccc([N+](=O)[O-])cc4)c(=O)n32)cc1. The van der Waals surface area contributed by atoms with Crippen LogP contribution in [0, 0.1) is 10.1 Å². The molecule has 1 aliphatic heterocycles. The molecule has 242 valence electrons. The molecule has 0 unspecified atom stereocenters. The maximum atomic E-state index is 14.2. The summed E-state index contributed by atoms with van der Waals surface area (Å²) in [4.78, 5) is 43.8. The Labute approximate surface area is 284 Å². The lowest BCUT2D eigenvalue weighted by Gasteiger charge is -2.25. The van der Waals surface area contributed by atoms with Crippen molar-refractivity contribution in [2.45, 2.75) is 26.5 Å². The molecule has 1 aliphatic rings.